The predicted octanol–water partition coefficient (Wildman–Crippen LogP) is 5.18. The van der Waals surface area contributed by atoms with Gasteiger partial charge in [0.1, 0.15) is 0 Å². The number of hydrogen-bond donors (Lipinski definition) is 4. The van der Waals surface area contributed by atoms with Crippen molar-refractivity contribution in [3.63, 3.8) is 0 Å². The Bertz CT molecular complexity index is 926. The summed E-state index contributed by atoms with van der Waals surface area (Å²) in [7, 11) is 0. The van der Waals surface area contributed by atoms with Crippen molar-refractivity contribution in [1.29, 1.82) is 0 Å². The maximum Gasteiger partial charge on any atom is 0.312 e. The molecule has 0 heterocycles. The highest BCUT2D eigenvalue weighted by atomic mass is 16.4. The lowest BCUT2D eigenvalue weighted by molar-refractivity contribution is -0.217. The van der Waals surface area contributed by atoms with E-state index in [4.69, 9.17) is 0 Å². The minimum atomic E-state index is -1.22. The zero-order valence-corrected chi connectivity index (χ0v) is 22.7. The highest BCUT2D eigenvalue weighted by Crippen LogP contribution is 2.89. The first-order valence-electron chi connectivity index (χ1n) is 14.1. The smallest absolute Gasteiger partial charge is 0.312 e. The van der Waals surface area contributed by atoms with Crippen molar-refractivity contribution in [1.82, 2.24) is 0 Å². The fourth-order valence-electron chi connectivity index (χ4n) is 11.1. The summed E-state index contributed by atoms with van der Waals surface area (Å²) in [5.41, 5.74) is -0.588. The molecule has 0 aromatic heterocycles. The van der Waals surface area contributed by atoms with Crippen molar-refractivity contribution in [2.24, 2.45) is 50.7 Å². The minimum Gasteiger partial charge on any atom is -0.481 e. The number of carboxylic acids is 1. The fraction of sp³-hybridized carbons (Fsp3) is 0.900. The van der Waals surface area contributed by atoms with E-state index in [1.165, 1.54) is 5.57 Å². The molecule has 5 rings (SSSR count). The highest BCUT2D eigenvalue weighted by Gasteiger charge is 2.86. The van der Waals surface area contributed by atoms with E-state index in [0.29, 0.717) is 18.3 Å². The van der Waals surface area contributed by atoms with Crippen LogP contribution < -0.4 is 0 Å². The van der Waals surface area contributed by atoms with E-state index in [1.807, 2.05) is 0 Å². The fourth-order valence-corrected chi connectivity index (χ4v) is 11.1. The van der Waals surface area contributed by atoms with Gasteiger partial charge in [-0.2, -0.15) is 0 Å². The Morgan fingerprint density at radius 1 is 0.971 bits per heavy atom. The number of carboxylic acid groups (broad SMARTS) is 1. The van der Waals surface area contributed by atoms with Gasteiger partial charge in [0.2, 0.25) is 0 Å². The molecule has 2 spiro atoms. The van der Waals surface area contributed by atoms with Gasteiger partial charge in [0.05, 0.1) is 23.7 Å². The number of rotatable bonds is 5. The summed E-state index contributed by atoms with van der Waals surface area (Å²) in [6.45, 7) is 13.2. The molecule has 0 aromatic carbocycles. The average Bonchev–Trinajstić information content (AvgIpc) is 3.42. The molecule has 12 atom stereocenters. The van der Waals surface area contributed by atoms with Gasteiger partial charge in [-0.25, -0.2) is 0 Å². The molecular weight excluding hydrogens is 440 g/mol. The van der Waals surface area contributed by atoms with Gasteiger partial charge in [-0.1, -0.05) is 32.4 Å². The van der Waals surface area contributed by atoms with Gasteiger partial charge in [-0.15, -0.1) is 0 Å². The third kappa shape index (κ3) is 2.90. The van der Waals surface area contributed by atoms with Crippen LogP contribution in [-0.2, 0) is 4.79 Å². The Hall–Kier alpha value is -0.910. The number of aliphatic carboxylic acids is 1. The first-order valence-corrected chi connectivity index (χ1v) is 14.1. The lowest BCUT2D eigenvalue weighted by Gasteiger charge is -2.64. The van der Waals surface area contributed by atoms with Crippen molar-refractivity contribution >= 4 is 5.97 Å². The van der Waals surface area contributed by atoms with Crippen LogP contribution in [0.15, 0.2) is 11.6 Å². The Kier molecular flexibility index (Phi) is 5.73. The maximum absolute atomic E-state index is 12.5. The quantitative estimate of drug-likeness (QED) is 0.400. The van der Waals surface area contributed by atoms with Crippen LogP contribution in [-0.4, -0.2) is 44.7 Å². The molecule has 5 nitrogen and oxygen atoms in total. The molecule has 35 heavy (non-hydrogen) atoms. The van der Waals surface area contributed by atoms with Crippen LogP contribution in [0.4, 0.5) is 0 Å². The number of carbonyl (C=O) groups is 1. The summed E-state index contributed by atoms with van der Waals surface area (Å²) >= 11 is 0. The topological polar surface area (TPSA) is 98.0 Å². The van der Waals surface area contributed by atoms with Crippen molar-refractivity contribution in [3.05, 3.63) is 11.6 Å². The molecule has 6 unspecified atom stereocenters. The van der Waals surface area contributed by atoms with Crippen LogP contribution in [0.3, 0.4) is 0 Å². The van der Waals surface area contributed by atoms with Gasteiger partial charge in [-0.05, 0) is 107 Å². The molecule has 5 aliphatic carbocycles. The minimum absolute atomic E-state index is 0.0403. The summed E-state index contributed by atoms with van der Waals surface area (Å²) in [6, 6.07) is 0. The Labute approximate surface area is 211 Å². The van der Waals surface area contributed by atoms with E-state index in [0.717, 1.165) is 44.9 Å². The maximum atomic E-state index is 12.5. The van der Waals surface area contributed by atoms with Crippen molar-refractivity contribution in [2.45, 2.75) is 118 Å². The van der Waals surface area contributed by atoms with E-state index in [2.05, 4.69) is 40.7 Å². The number of hydrogen-bond acceptors (Lipinski definition) is 4. The largest absolute Gasteiger partial charge is 0.481 e. The van der Waals surface area contributed by atoms with E-state index >= 15 is 0 Å². The van der Waals surface area contributed by atoms with Gasteiger partial charge < -0.3 is 20.4 Å². The zero-order valence-electron chi connectivity index (χ0n) is 22.7. The van der Waals surface area contributed by atoms with Crippen LogP contribution in [0, 0.1) is 50.7 Å². The molecule has 0 radical (unpaired) electrons. The lowest BCUT2D eigenvalue weighted by atomic mass is 9.41. The third-order valence-electron chi connectivity index (χ3n) is 13.3. The van der Waals surface area contributed by atoms with Crippen LogP contribution in [0.5, 0.6) is 0 Å². The summed E-state index contributed by atoms with van der Waals surface area (Å²) in [5, 5.41) is 44.2. The number of fused-ring (bicyclic) bond motifs is 2. The number of allylic oxidation sites excluding steroid dienone is 2. The number of aliphatic hydroxyl groups is 3. The molecule has 5 fully saturated rings. The molecular formula is C30H48O5. The van der Waals surface area contributed by atoms with Crippen LogP contribution in [0.25, 0.3) is 0 Å². The van der Waals surface area contributed by atoms with Gasteiger partial charge in [0, 0.05) is 17.3 Å². The second-order valence-corrected chi connectivity index (χ2v) is 14.3. The van der Waals surface area contributed by atoms with E-state index < -0.39 is 29.0 Å². The van der Waals surface area contributed by atoms with E-state index in [-0.39, 0.29) is 40.6 Å². The Balaban J connectivity index is 1.49. The second-order valence-electron chi connectivity index (χ2n) is 14.3. The van der Waals surface area contributed by atoms with E-state index in [9.17, 15) is 25.2 Å². The number of aliphatic hydroxyl groups excluding tert-OH is 3. The predicted molar refractivity (Wildman–Crippen MR) is 135 cm³/mol. The first kappa shape index (κ1) is 25.7. The average molecular weight is 489 g/mol. The molecule has 4 N–H and O–H groups in total. The molecule has 5 saturated carbocycles. The van der Waals surface area contributed by atoms with Gasteiger partial charge >= 0.3 is 5.97 Å². The molecule has 5 aliphatic rings. The molecule has 0 aliphatic heterocycles. The van der Waals surface area contributed by atoms with Gasteiger partial charge in [0.25, 0.3) is 0 Å². The monoisotopic (exact) mass is 488 g/mol. The molecule has 198 valence electrons. The standard InChI is InChI=1S/C30H48O5/c1-17(2)8-7-9-18(3)19-14-23(32)28(6)21-11-10-20-27(5,25(34)35)22(31)15-24(33)30(20)16-29(21,30)13-12-26(19,28)4/h8,18-24,31-33H,7,9-16H2,1-6H3,(H,34,35)/t18?,19?,20?,21?,22-,23-,24-,26+,27-,28+,29?,30?/m0/s1. The molecule has 0 saturated heterocycles. The molecule has 0 amide bonds. The first-order chi connectivity index (χ1) is 16.2. The van der Waals surface area contributed by atoms with E-state index in [1.54, 1.807) is 6.92 Å². The van der Waals surface area contributed by atoms with Crippen LogP contribution in [0.2, 0.25) is 0 Å². The van der Waals surface area contributed by atoms with Crippen molar-refractivity contribution in [2.75, 3.05) is 0 Å². The summed E-state index contributed by atoms with van der Waals surface area (Å²) in [6.07, 6.45) is 7.99. The third-order valence-corrected chi connectivity index (χ3v) is 13.3. The zero-order chi connectivity index (χ0) is 25.8. The molecule has 5 heteroatoms. The SMILES string of the molecule is CC(C)=CCCC(C)C1C[C@H](O)[C@@]2(C)C3CCC4C5(CC35CC[C@]12C)[C@@H](O)C[C@H](O)[C@@]4(C)C(=O)O. The second kappa shape index (κ2) is 7.80. The Morgan fingerprint density at radius 2 is 1.63 bits per heavy atom. The van der Waals surface area contributed by atoms with Crippen LogP contribution >= 0.6 is 0 Å². The van der Waals surface area contributed by atoms with Gasteiger partial charge in [0.15, 0.2) is 0 Å². The van der Waals surface area contributed by atoms with Crippen molar-refractivity contribution in [3.8, 4) is 0 Å². The summed E-state index contributed by atoms with van der Waals surface area (Å²) < 4.78 is 0. The molecule has 0 aromatic rings. The molecule has 0 bridgehead atoms. The summed E-state index contributed by atoms with van der Waals surface area (Å²) in [4.78, 5) is 12.5. The highest BCUT2D eigenvalue weighted by molar-refractivity contribution is 5.76. The van der Waals surface area contributed by atoms with Crippen LogP contribution in [0.1, 0.15) is 99.3 Å². The summed E-state index contributed by atoms with van der Waals surface area (Å²) in [5.74, 6) is 0.155. The normalized spacial score (nSPS) is 55.1. The Morgan fingerprint density at radius 3 is 2.26 bits per heavy atom. The van der Waals surface area contributed by atoms with Crippen molar-refractivity contribution < 1.29 is 25.2 Å². The van der Waals surface area contributed by atoms with Gasteiger partial charge in [-0.3, -0.25) is 4.79 Å². The lowest BCUT2D eigenvalue weighted by Crippen LogP contribution is -2.64.